The molecule has 1 saturated heterocycles. The van der Waals surface area contributed by atoms with Crippen LogP contribution in [0.15, 0.2) is 6.07 Å². The molecule has 0 radical (unpaired) electrons. The lowest BCUT2D eigenvalue weighted by Gasteiger charge is -2.35. The number of fused-ring (bicyclic) bond motifs is 1. The van der Waals surface area contributed by atoms with Gasteiger partial charge in [0.2, 0.25) is 0 Å². The van der Waals surface area contributed by atoms with E-state index in [2.05, 4.69) is 24.5 Å². The van der Waals surface area contributed by atoms with Crippen LogP contribution in [0.2, 0.25) is 0 Å². The maximum Gasteiger partial charge on any atom is 0.0471 e. The molecular weight excluding hydrogens is 236 g/mol. The highest BCUT2D eigenvalue weighted by Gasteiger charge is 2.30. The fourth-order valence-corrected chi connectivity index (χ4v) is 3.62. The maximum atomic E-state index is 6.26. The Morgan fingerprint density at radius 1 is 1.42 bits per heavy atom. The topological polar surface area (TPSA) is 40.2 Å². The monoisotopic (exact) mass is 262 g/mol. The summed E-state index contributed by atoms with van der Waals surface area (Å²) in [5.41, 5.74) is 10.9. The molecule has 0 amide bonds. The van der Waals surface area contributed by atoms with Gasteiger partial charge in [-0.05, 0) is 56.1 Å². The van der Waals surface area contributed by atoms with Crippen LogP contribution in [-0.2, 0) is 17.7 Å². The van der Waals surface area contributed by atoms with Gasteiger partial charge in [-0.15, -0.1) is 0 Å². The molecule has 1 fully saturated rings. The van der Waals surface area contributed by atoms with Gasteiger partial charge in [-0.2, -0.15) is 0 Å². The van der Waals surface area contributed by atoms with Gasteiger partial charge in [0.15, 0.2) is 0 Å². The van der Waals surface area contributed by atoms with Crippen LogP contribution in [0.5, 0.6) is 0 Å². The Hall–Kier alpha value is -0.800. The van der Waals surface area contributed by atoms with Gasteiger partial charge in [0.05, 0.1) is 0 Å². The van der Waals surface area contributed by atoms with Gasteiger partial charge in [-0.25, -0.2) is 0 Å². The molecule has 0 aromatic carbocycles. The number of aromatic nitrogens is 1. The molecule has 2 N–H and O–H groups in total. The van der Waals surface area contributed by atoms with Crippen LogP contribution < -0.4 is 5.73 Å². The summed E-state index contributed by atoms with van der Waals surface area (Å²) < 4.78 is 8.06. The first-order valence-corrected chi connectivity index (χ1v) is 7.61. The molecule has 1 aromatic rings. The Labute approximate surface area is 116 Å². The summed E-state index contributed by atoms with van der Waals surface area (Å²) in [6.45, 7) is 7.60. The molecule has 2 heterocycles. The quantitative estimate of drug-likeness (QED) is 0.890. The first kappa shape index (κ1) is 13.2. The van der Waals surface area contributed by atoms with Crippen LogP contribution >= 0.6 is 0 Å². The molecule has 1 unspecified atom stereocenters. The minimum atomic E-state index is 0.256. The molecule has 19 heavy (non-hydrogen) atoms. The van der Waals surface area contributed by atoms with Crippen LogP contribution in [0.4, 0.5) is 0 Å². The van der Waals surface area contributed by atoms with Crippen molar-refractivity contribution in [3.8, 4) is 0 Å². The van der Waals surface area contributed by atoms with Crippen molar-refractivity contribution >= 4 is 0 Å². The zero-order valence-electron chi connectivity index (χ0n) is 12.2. The highest BCUT2D eigenvalue weighted by molar-refractivity contribution is 5.32. The summed E-state index contributed by atoms with van der Waals surface area (Å²) in [5.74, 6) is 0. The Bertz CT molecular complexity index is 458. The Morgan fingerprint density at radius 3 is 2.89 bits per heavy atom. The summed E-state index contributed by atoms with van der Waals surface area (Å²) in [6.07, 6.45) is 5.92. The second-order valence-corrected chi connectivity index (χ2v) is 6.70. The van der Waals surface area contributed by atoms with E-state index in [1.54, 1.807) is 0 Å². The third-order valence-electron chi connectivity index (χ3n) is 5.02. The van der Waals surface area contributed by atoms with E-state index in [0.29, 0.717) is 5.41 Å². The minimum Gasteiger partial charge on any atom is -0.381 e. The fraction of sp³-hybridized carbons (Fsp3) is 0.750. The van der Waals surface area contributed by atoms with Gasteiger partial charge in [-0.1, -0.05) is 6.92 Å². The number of hydrogen-bond donors (Lipinski definition) is 1. The lowest BCUT2D eigenvalue weighted by atomic mass is 9.82. The SMILES string of the molecule is Cc1cc2c(n1CC1(C)CCOCC1)CCCC2N. The van der Waals surface area contributed by atoms with E-state index in [1.807, 2.05) is 0 Å². The molecule has 3 rings (SSSR count). The lowest BCUT2D eigenvalue weighted by molar-refractivity contribution is 0.0149. The second-order valence-electron chi connectivity index (χ2n) is 6.70. The van der Waals surface area contributed by atoms with E-state index in [-0.39, 0.29) is 6.04 Å². The zero-order chi connectivity index (χ0) is 13.5. The average molecular weight is 262 g/mol. The van der Waals surface area contributed by atoms with E-state index < -0.39 is 0 Å². The fourth-order valence-electron chi connectivity index (χ4n) is 3.62. The summed E-state index contributed by atoms with van der Waals surface area (Å²) in [5, 5.41) is 0. The first-order chi connectivity index (χ1) is 9.09. The van der Waals surface area contributed by atoms with Crippen molar-refractivity contribution in [3.05, 3.63) is 23.0 Å². The van der Waals surface area contributed by atoms with Crippen molar-refractivity contribution in [2.75, 3.05) is 13.2 Å². The highest BCUT2D eigenvalue weighted by atomic mass is 16.5. The molecule has 0 saturated carbocycles. The van der Waals surface area contributed by atoms with E-state index in [0.717, 1.165) is 26.2 Å². The van der Waals surface area contributed by atoms with Crippen molar-refractivity contribution in [3.63, 3.8) is 0 Å². The standard InChI is InChI=1S/C16H26N2O/c1-12-10-13-14(17)4-3-5-15(13)18(12)11-16(2)6-8-19-9-7-16/h10,14H,3-9,11,17H2,1-2H3. The van der Waals surface area contributed by atoms with Gasteiger partial charge >= 0.3 is 0 Å². The van der Waals surface area contributed by atoms with Gasteiger partial charge in [-0.3, -0.25) is 0 Å². The first-order valence-electron chi connectivity index (χ1n) is 7.61. The summed E-state index contributed by atoms with van der Waals surface area (Å²) >= 11 is 0. The van der Waals surface area contributed by atoms with E-state index in [9.17, 15) is 0 Å². The molecule has 3 nitrogen and oxygen atoms in total. The summed E-state index contributed by atoms with van der Waals surface area (Å²) in [7, 11) is 0. The Balaban J connectivity index is 1.88. The van der Waals surface area contributed by atoms with Crippen molar-refractivity contribution in [2.24, 2.45) is 11.1 Å². The van der Waals surface area contributed by atoms with Crippen molar-refractivity contribution in [2.45, 2.75) is 58.5 Å². The normalized spacial score (nSPS) is 26.2. The Morgan fingerprint density at radius 2 is 2.16 bits per heavy atom. The van der Waals surface area contributed by atoms with Gasteiger partial charge in [0.1, 0.15) is 0 Å². The number of ether oxygens (including phenoxy) is 1. The van der Waals surface area contributed by atoms with Gasteiger partial charge < -0.3 is 15.0 Å². The van der Waals surface area contributed by atoms with Crippen molar-refractivity contribution < 1.29 is 4.74 Å². The maximum absolute atomic E-state index is 6.26. The summed E-state index contributed by atoms with van der Waals surface area (Å²) in [6, 6.07) is 2.58. The van der Waals surface area contributed by atoms with Crippen LogP contribution in [0.25, 0.3) is 0 Å². The molecule has 1 aromatic heterocycles. The van der Waals surface area contributed by atoms with Crippen LogP contribution in [0, 0.1) is 12.3 Å². The molecule has 1 atom stereocenters. The zero-order valence-corrected chi connectivity index (χ0v) is 12.2. The van der Waals surface area contributed by atoms with Crippen LogP contribution in [-0.4, -0.2) is 17.8 Å². The molecule has 2 aliphatic rings. The molecule has 3 heteroatoms. The lowest BCUT2D eigenvalue weighted by Crippen LogP contribution is -2.32. The van der Waals surface area contributed by atoms with E-state index in [1.165, 1.54) is 42.6 Å². The number of nitrogens with two attached hydrogens (primary N) is 1. The molecule has 1 aliphatic heterocycles. The molecule has 106 valence electrons. The predicted octanol–water partition coefficient (Wildman–Crippen LogP) is 2.95. The third kappa shape index (κ3) is 2.46. The molecule has 0 bridgehead atoms. The van der Waals surface area contributed by atoms with Crippen molar-refractivity contribution in [1.29, 1.82) is 0 Å². The smallest absolute Gasteiger partial charge is 0.0471 e. The van der Waals surface area contributed by atoms with Gasteiger partial charge in [0.25, 0.3) is 0 Å². The number of rotatable bonds is 2. The summed E-state index contributed by atoms with van der Waals surface area (Å²) in [4.78, 5) is 0. The molecular formula is C16H26N2O. The largest absolute Gasteiger partial charge is 0.381 e. The molecule has 0 spiro atoms. The molecule has 1 aliphatic carbocycles. The van der Waals surface area contributed by atoms with Crippen molar-refractivity contribution in [1.82, 2.24) is 4.57 Å². The average Bonchev–Trinajstić information content (AvgIpc) is 2.69. The van der Waals surface area contributed by atoms with Gasteiger partial charge in [0, 0.05) is 37.2 Å². The van der Waals surface area contributed by atoms with Crippen LogP contribution in [0.1, 0.15) is 55.6 Å². The number of nitrogens with zero attached hydrogens (tertiary/aromatic N) is 1. The minimum absolute atomic E-state index is 0.256. The number of aryl methyl sites for hydroxylation is 1. The van der Waals surface area contributed by atoms with E-state index >= 15 is 0 Å². The highest BCUT2D eigenvalue weighted by Crippen LogP contribution is 2.36. The third-order valence-corrected chi connectivity index (χ3v) is 5.02. The number of hydrogen-bond acceptors (Lipinski definition) is 2. The Kier molecular flexibility index (Phi) is 3.44. The second kappa shape index (κ2) is 4.95. The predicted molar refractivity (Wildman–Crippen MR) is 77.2 cm³/mol. The van der Waals surface area contributed by atoms with Crippen LogP contribution in [0.3, 0.4) is 0 Å². The van der Waals surface area contributed by atoms with E-state index in [4.69, 9.17) is 10.5 Å².